The molecule has 0 aromatic heterocycles. The third-order valence-electron chi connectivity index (χ3n) is 2.91. The summed E-state index contributed by atoms with van der Waals surface area (Å²) in [5.74, 6) is 6.52. The SMILES string of the molecule is CCOc1ccccc1C(NN)c1ccccc1Cl. The van der Waals surface area contributed by atoms with Crippen LogP contribution in [0.2, 0.25) is 5.02 Å². The van der Waals surface area contributed by atoms with Crippen molar-refractivity contribution >= 4 is 11.6 Å². The fourth-order valence-electron chi connectivity index (χ4n) is 2.06. The number of nitrogens with two attached hydrogens (primary N) is 1. The summed E-state index contributed by atoms with van der Waals surface area (Å²) in [6, 6.07) is 15.3. The lowest BCUT2D eigenvalue weighted by atomic mass is 9.98. The van der Waals surface area contributed by atoms with Gasteiger partial charge in [-0.1, -0.05) is 48.0 Å². The normalized spacial score (nSPS) is 12.2. The van der Waals surface area contributed by atoms with Gasteiger partial charge in [-0.05, 0) is 24.6 Å². The Morgan fingerprint density at radius 3 is 2.37 bits per heavy atom. The van der Waals surface area contributed by atoms with Gasteiger partial charge >= 0.3 is 0 Å². The Hall–Kier alpha value is -1.55. The van der Waals surface area contributed by atoms with Crippen LogP contribution >= 0.6 is 11.6 Å². The van der Waals surface area contributed by atoms with Crippen LogP contribution in [-0.4, -0.2) is 6.61 Å². The first-order valence-electron chi connectivity index (χ1n) is 6.20. The van der Waals surface area contributed by atoms with Crippen LogP contribution in [0, 0.1) is 0 Å². The summed E-state index contributed by atoms with van der Waals surface area (Å²) in [7, 11) is 0. The van der Waals surface area contributed by atoms with E-state index in [1.807, 2.05) is 55.5 Å². The Morgan fingerprint density at radius 2 is 1.74 bits per heavy atom. The van der Waals surface area contributed by atoms with Crippen molar-refractivity contribution in [2.45, 2.75) is 13.0 Å². The van der Waals surface area contributed by atoms with Gasteiger partial charge in [0.1, 0.15) is 5.75 Å². The maximum atomic E-state index is 6.24. The fourth-order valence-corrected chi connectivity index (χ4v) is 2.31. The van der Waals surface area contributed by atoms with Gasteiger partial charge in [-0.2, -0.15) is 0 Å². The maximum Gasteiger partial charge on any atom is 0.124 e. The highest BCUT2D eigenvalue weighted by molar-refractivity contribution is 6.31. The molecule has 19 heavy (non-hydrogen) atoms. The van der Waals surface area contributed by atoms with Crippen molar-refractivity contribution < 1.29 is 4.74 Å². The third kappa shape index (κ3) is 3.07. The molecular weight excluding hydrogens is 260 g/mol. The molecule has 0 aliphatic carbocycles. The van der Waals surface area contributed by atoms with Gasteiger partial charge in [0.2, 0.25) is 0 Å². The Morgan fingerprint density at radius 1 is 1.11 bits per heavy atom. The van der Waals surface area contributed by atoms with Gasteiger partial charge in [0.05, 0.1) is 12.6 Å². The number of nitrogens with one attached hydrogen (secondary N) is 1. The van der Waals surface area contributed by atoms with Crippen LogP contribution in [0.4, 0.5) is 0 Å². The zero-order valence-electron chi connectivity index (χ0n) is 10.8. The van der Waals surface area contributed by atoms with Crippen molar-refractivity contribution in [2.24, 2.45) is 5.84 Å². The van der Waals surface area contributed by atoms with Crippen LogP contribution in [0.5, 0.6) is 5.75 Å². The van der Waals surface area contributed by atoms with E-state index in [1.54, 1.807) is 0 Å². The van der Waals surface area contributed by atoms with Gasteiger partial charge < -0.3 is 4.74 Å². The van der Waals surface area contributed by atoms with Crippen LogP contribution in [0.25, 0.3) is 0 Å². The Bertz CT molecular complexity index is 545. The molecule has 0 radical (unpaired) electrons. The van der Waals surface area contributed by atoms with E-state index in [0.717, 1.165) is 16.9 Å². The summed E-state index contributed by atoms with van der Waals surface area (Å²) in [4.78, 5) is 0. The zero-order valence-corrected chi connectivity index (χ0v) is 11.5. The zero-order chi connectivity index (χ0) is 13.7. The molecule has 1 atom stereocenters. The predicted octanol–water partition coefficient (Wildman–Crippen LogP) is 3.29. The van der Waals surface area contributed by atoms with E-state index < -0.39 is 0 Å². The molecule has 3 nitrogen and oxygen atoms in total. The Kier molecular flexibility index (Phi) is 4.80. The summed E-state index contributed by atoms with van der Waals surface area (Å²) in [6.07, 6.45) is 0. The number of hydrazine groups is 1. The van der Waals surface area contributed by atoms with Gasteiger partial charge in [-0.3, -0.25) is 5.84 Å². The molecule has 0 saturated carbocycles. The molecule has 0 spiro atoms. The van der Waals surface area contributed by atoms with Crippen LogP contribution in [0.15, 0.2) is 48.5 Å². The van der Waals surface area contributed by atoms with Gasteiger partial charge in [0, 0.05) is 10.6 Å². The minimum atomic E-state index is -0.198. The fraction of sp³-hybridized carbons (Fsp3) is 0.200. The predicted molar refractivity (Wildman–Crippen MR) is 78.2 cm³/mol. The lowest BCUT2D eigenvalue weighted by Crippen LogP contribution is -2.29. The quantitative estimate of drug-likeness (QED) is 0.651. The minimum absolute atomic E-state index is 0.198. The van der Waals surface area contributed by atoms with E-state index in [1.165, 1.54) is 0 Å². The topological polar surface area (TPSA) is 47.3 Å². The highest BCUT2D eigenvalue weighted by atomic mass is 35.5. The summed E-state index contributed by atoms with van der Waals surface area (Å²) in [5, 5.41) is 0.678. The molecule has 4 heteroatoms. The number of ether oxygens (including phenoxy) is 1. The molecule has 0 aliphatic heterocycles. The number of benzene rings is 2. The molecule has 0 aliphatic rings. The molecule has 1 unspecified atom stereocenters. The first-order chi connectivity index (χ1) is 9.27. The smallest absolute Gasteiger partial charge is 0.124 e. The number of halogens is 1. The van der Waals surface area contributed by atoms with Crippen molar-refractivity contribution in [1.82, 2.24) is 5.43 Å². The summed E-state index contributed by atoms with van der Waals surface area (Å²) >= 11 is 6.24. The van der Waals surface area contributed by atoms with Crippen molar-refractivity contribution in [2.75, 3.05) is 6.61 Å². The molecule has 0 saturated heterocycles. The first-order valence-corrected chi connectivity index (χ1v) is 6.58. The van der Waals surface area contributed by atoms with Crippen molar-refractivity contribution in [1.29, 1.82) is 0 Å². The van der Waals surface area contributed by atoms with E-state index in [9.17, 15) is 0 Å². The average molecular weight is 277 g/mol. The van der Waals surface area contributed by atoms with E-state index in [-0.39, 0.29) is 6.04 Å². The van der Waals surface area contributed by atoms with E-state index in [0.29, 0.717) is 11.6 Å². The van der Waals surface area contributed by atoms with E-state index in [2.05, 4.69) is 5.43 Å². The van der Waals surface area contributed by atoms with Crippen LogP contribution in [0.1, 0.15) is 24.1 Å². The lowest BCUT2D eigenvalue weighted by molar-refractivity contribution is 0.333. The number of hydrogen-bond donors (Lipinski definition) is 2. The third-order valence-corrected chi connectivity index (χ3v) is 3.26. The van der Waals surface area contributed by atoms with E-state index in [4.69, 9.17) is 22.2 Å². The second-order valence-electron chi connectivity index (χ2n) is 4.09. The van der Waals surface area contributed by atoms with Crippen molar-refractivity contribution in [3.63, 3.8) is 0 Å². The first kappa shape index (κ1) is 13.9. The molecule has 0 amide bonds. The summed E-state index contributed by atoms with van der Waals surface area (Å²) < 4.78 is 5.64. The van der Waals surface area contributed by atoms with Gasteiger partial charge in [-0.25, -0.2) is 5.43 Å². The van der Waals surface area contributed by atoms with Crippen molar-refractivity contribution in [3.05, 3.63) is 64.7 Å². The summed E-state index contributed by atoms with van der Waals surface area (Å²) in [6.45, 7) is 2.56. The molecular formula is C15H17ClN2O. The second kappa shape index (κ2) is 6.57. The molecule has 0 bridgehead atoms. The number of rotatable bonds is 5. The molecule has 0 fully saturated rings. The molecule has 3 N–H and O–H groups in total. The Labute approximate surface area is 118 Å². The molecule has 0 heterocycles. The van der Waals surface area contributed by atoms with Gasteiger partial charge in [0.15, 0.2) is 0 Å². The summed E-state index contributed by atoms with van der Waals surface area (Å²) in [5.41, 5.74) is 4.71. The van der Waals surface area contributed by atoms with Crippen LogP contribution < -0.4 is 16.0 Å². The molecule has 2 aromatic rings. The van der Waals surface area contributed by atoms with Crippen molar-refractivity contribution in [3.8, 4) is 5.75 Å². The highest BCUT2D eigenvalue weighted by Crippen LogP contribution is 2.32. The monoisotopic (exact) mass is 276 g/mol. The second-order valence-corrected chi connectivity index (χ2v) is 4.50. The molecule has 2 rings (SSSR count). The van der Waals surface area contributed by atoms with Crippen LogP contribution in [0.3, 0.4) is 0 Å². The minimum Gasteiger partial charge on any atom is -0.494 e. The lowest BCUT2D eigenvalue weighted by Gasteiger charge is -2.21. The molecule has 2 aromatic carbocycles. The maximum absolute atomic E-state index is 6.24. The number of para-hydroxylation sites is 1. The standard InChI is InChI=1S/C15H17ClN2O/c1-2-19-14-10-6-4-8-12(14)15(18-17)11-7-3-5-9-13(11)16/h3-10,15,18H,2,17H2,1H3. The molecule has 100 valence electrons. The van der Waals surface area contributed by atoms with Gasteiger partial charge in [-0.15, -0.1) is 0 Å². The average Bonchev–Trinajstić information content (AvgIpc) is 2.44. The van der Waals surface area contributed by atoms with Gasteiger partial charge in [0.25, 0.3) is 0 Å². The highest BCUT2D eigenvalue weighted by Gasteiger charge is 2.18. The number of hydrogen-bond acceptors (Lipinski definition) is 3. The van der Waals surface area contributed by atoms with E-state index >= 15 is 0 Å². The Balaban J connectivity index is 2.45. The largest absolute Gasteiger partial charge is 0.494 e. The van der Waals surface area contributed by atoms with Crippen LogP contribution in [-0.2, 0) is 0 Å².